The average molecular weight is 283 g/mol. The van der Waals surface area contributed by atoms with Crippen LogP contribution in [0.15, 0.2) is 36.5 Å². The molecule has 1 N–H and O–H groups in total. The van der Waals surface area contributed by atoms with E-state index in [0.29, 0.717) is 17.7 Å². The first-order valence-corrected chi connectivity index (χ1v) is 5.95. The molecule has 3 nitrogen and oxygen atoms in total. The minimum Gasteiger partial charge on any atom is -0.477 e. The molecule has 0 unspecified atom stereocenters. The summed E-state index contributed by atoms with van der Waals surface area (Å²) in [4.78, 5) is 11.1. The van der Waals surface area contributed by atoms with Crippen LogP contribution in [0.5, 0.6) is 0 Å². The molecule has 20 heavy (non-hydrogen) atoms. The first-order chi connectivity index (χ1) is 9.34. The fourth-order valence-electron chi connectivity index (χ4n) is 2.05. The highest BCUT2D eigenvalue weighted by molar-refractivity contribution is 5.86. The maximum Gasteiger partial charge on any atom is 0.416 e. The summed E-state index contributed by atoms with van der Waals surface area (Å²) in [5.74, 6) is -1.13. The molecule has 2 rings (SSSR count). The molecule has 0 saturated carbocycles. The lowest BCUT2D eigenvalue weighted by Crippen LogP contribution is -2.10. The van der Waals surface area contributed by atoms with E-state index in [9.17, 15) is 18.0 Å². The van der Waals surface area contributed by atoms with Crippen molar-refractivity contribution < 1.29 is 23.1 Å². The predicted octanol–water partition coefficient (Wildman–Crippen LogP) is 3.76. The molecule has 0 spiro atoms. The summed E-state index contributed by atoms with van der Waals surface area (Å²) in [5, 5.41) is 9.06. The topological polar surface area (TPSA) is 42.2 Å². The lowest BCUT2D eigenvalue weighted by Gasteiger charge is -2.14. The van der Waals surface area contributed by atoms with E-state index in [4.69, 9.17) is 5.11 Å². The molecule has 0 atom stereocenters. The maximum atomic E-state index is 12.7. The number of aromatic carboxylic acids is 1. The molecule has 0 saturated heterocycles. The molecule has 106 valence electrons. The van der Waals surface area contributed by atoms with Crippen molar-refractivity contribution in [2.75, 3.05) is 0 Å². The normalized spacial score (nSPS) is 11.6. The fourth-order valence-corrected chi connectivity index (χ4v) is 2.05. The Balaban J connectivity index is 2.58. The number of nitrogens with zero attached hydrogens (tertiary/aromatic N) is 1. The summed E-state index contributed by atoms with van der Waals surface area (Å²) in [5.41, 5.74) is 0.169. The molecule has 0 radical (unpaired) electrons. The number of rotatable bonds is 3. The van der Waals surface area contributed by atoms with Gasteiger partial charge in [0.2, 0.25) is 0 Å². The van der Waals surface area contributed by atoms with Crippen molar-refractivity contribution >= 4 is 5.97 Å². The van der Waals surface area contributed by atoms with Crippen molar-refractivity contribution in [3.63, 3.8) is 0 Å². The number of aromatic nitrogens is 1. The predicted molar refractivity (Wildman–Crippen MR) is 67.1 cm³/mol. The van der Waals surface area contributed by atoms with Crippen LogP contribution in [0, 0.1) is 0 Å². The zero-order valence-corrected chi connectivity index (χ0v) is 10.6. The number of benzene rings is 1. The van der Waals surface area contributed by atoms with Gasteiger partial charge in [0.25, 0.3) is 0 Å². The molecule has 0 aliphatic heterocycles. The van der Waals surface area contributed by atoms with Crippen LogP contribution < -0.4 is 0 Å². The average Bonchev–Trinajstić information content (AvgIpc) is 2.86. The van der Waals surface area contributed by atoms with Crippen LogP contribution in [-0.2, 0) is 12.6 Å². The minimum absolute atomic E-state index is 0.0134. The van der Waals surface area contributed by atoms with Crippen molar-refractivity contribution in [3.05, 3.63) is 53.3 Å². The minimum atomic E-state index is -4.41. The van der Waals surface area contributed by atoms with Gasteiger partial charge in [-0.15, -0.1) is 0 Å². The molecule has 0 fully saturated rings. The van der Waals surface area contributed by atoms with Crippen LogP contribution in [-0.4, -0.2) is 15.6 Å². The number of hydrogen-bond acceptors (Lipinski definition) is 1. The zero-order valence-electron chi connectivity index (χ0n) is 10.6. The van der Waals surface area contributed by atoms with E-state index in [1.165, 1.54) is 22.9 Å². The Bertz CT molecular complexity index is 644. The lowest BCUT2D eigenvalue weighted by atomic mass is 10.1. The summed E-state index contributed by atoms with van der Waals surface area (Å²) in [6, 6.07) is 6.26. The molecule has 6 heteroatoms. The Morgan fingerprint density at radius 2 is 2.00 bits per heavy atom. The quantitative estimate of drug-likeness (QED) is 0.932. The largest absolute Gasteiger partial charge is 0.477 e. The van der Waals surface area contributed by atoms with E-state index in [2.05, 4.69) is 0 Å². The number of carbonyl (C=O) groups is 1. The van der Waals surface area contributed by atoms with E-state index >= 15 is 0 Å². The van der Waals surface area contributed by atoms with Gasteiger partial charge in [0.05, 0.1) is 5.56 Å². The number of halogens is 3. The van der Waals surface area contributed by atoms with Crippen LogP contribution >= 0.6 is 0 Å². The highest BCUT2D eigenvalue weighted by Crippen LogP contribution is 2.32. The number of alkyl halides is 3. The summed E-state index contributed by atoms with van der Waals surface area (Å²) < 4.78 is 39.4. The molecular formula is C14H12F3NO2. The van der Waals surface area contributed by atoms with Crippen molar-refractivity contribution in [3.8, 4) is 5.69 Å². The number of hydrogen-bond donors (Lipinski definition) is 1. The Kier molecular flexibility index (Phi) is 3.57. The molecule has 0 aliphatic carbocycles. The van der Waals surface area contributed by atoms with Crippen LogP contribution in [0.1, 0.15) is 28.5 Å². The van der Waals surface area contributed by atoms with Crippen molar-refractivity contribution in [1.82, 2.24) is 4.57 Å². The Morgan fingerprint density at radius 3 is 2.55 bits per heavy atom. The second-order valence-electron chi connectivity index (χ2n) is 4.26. The Hall–Kier alpha value is -2.24. The Labute approximate surface area is 113 Å². The van der Waals surface area contributed by atoms with E-state index in [0.717, 1.165) is 12.1 Å². The van der Waals surface area contributed by atoms with Gasteiger partial charge in [0, 0.05) is 11.9 Å². The third-order valence-electron chi connectivity index (χ3n) is 3.02. The monoisotopic (exact) mass is 283 g/mol. The summed E-state index contributed by atoms with van der Waals surface area (Å²) in [6.45, 7) is 1.73. The molecule has 0 aliphatic rings. The van der Waals surface area contributed by atoms with Gasteiger partial charge in [0.1, 0.15) is 5.69 Å². The highest BCUT2D eigenvalue weighted by Gasteiger charge is 2.31. The molecular weight excluding hydrogens is 271 g/mol. The number of carboxylic acids is 1. The van der Waals surface area contributed by atoms with E-state index in [1.54, 1.807) is 13.0 Å². The summed E-state index contributed by atoms with van der Waals surface area (Å²) in [6.07, 6.45) is -2.52. The van der Waals surface area contributed by atoms with Gasteiger partial charge in [-0.2, -0.15) is 13.2 Å². The van der Waals surface area contributed by atoms with Crippen LogP contribution in [0.25, 0.3) is 5.69 Å². The van der Waals surface area contributed by atoms with Gasteiger partial charge in [-0.1, -0.05) is 6.92 Å². The highest BCUT2D eigenvalue weighted by atomic mass is 19.4. The van der Waals surface area contributed by atoms with E-state index in [1.807, 2.05) is 0 Å². The van der Waals surface area contributed by atoms with Gasteiger partial charge < -0.3 is 9.67 Å². The summed E-state index contributed by atoms with van der Waals surface area (Å²) in [7, 11) is 0. The summed E-state index contributed by atoms with van der Waals surface area (Å²) >= 11 is 0. The second kappa shape index (κ2) is 5.03. The van der Waals surface area contributed by atoms with Crippen molar-refractivity contribution in [1.29, 1.82) is 0 Å². The maximum absolute atomic E-state index is 12.7. The van der Waals surface area contributed by atoms with Crippen LogP contribution in [0.2, 0.25) is 0 Å². The van der Waals surface area contributed by atoms with Crippen LogP contribution in [0.4, 0.5) is 13.2 Å². The molecule has 2 aromatic rings. The van der Waals surface area contributed by atoms with Gasteiger partial charge in [-0.3, -0.25) is 0 Å². The number of aryl methyl sites for hydroxylation is 1. The van der Waals surface area contributed by atoms with Crippen molar-refractivity contribution in [2.45, 2.75) is 19.5 Å². The lowest BCUT2D eigenvalue weighted by molar-refractivity contribution is -0.137. The van der Waals surface area contributed by atoms with Gasteiger partial charge in [-0.25, -0.2) is 4.79 Å². The third kappa shape index (κ3) is 2.54. The first kappa shape index (κ1) is 14.2. The molecule has 1 heterocycles. The second-order valence-corrected chi connectivity index (χ2v) is 4.26. The van der Waals surface area contributed by atoms with Gasteiger partial charge in [-0.05, 0) is 42.3 Å². The first-order valence-electron chi connectivity index (χ1n) is 5.95. The smallest absolute Gasteiger partial charge is 0.416 e. The van der Waals surface area contributed by atoms with E-state index < -0.39 is 17.7 Å². The standard InChI is InChI=1S/C14H12F3NO2/c1-2-9-8-10(14(15,16)17)5-6-11(9)18-7-3-4-12(18)13(19)20/h3-8H,2H2,1H3,(H,19,20). The van der Waals surface area contributed by atoms with Gasteiger partial charge >= 0.3 is 12.1 Å². The third-order valence-corrected chi connectivity index (χ3v) is 3.02. The number of carboxylic acid groups (broad SMARTS) is 1. The van der Waals surface area contributed by atoms with E-state index in [-0.39, 0.29) is 5.69 Å². The molecule has 1 aromatic heterocycles. The SMILES string of the molecule is CCc1cc(C(F)(F)F)ccc1-n1cccc1C(=O)O. The Morgan fingerprint density at radius 1 is 1.30 bits per heavy atom. The molecule has 1 aromatic carbocycles. The molecule has 0 bridgehead atoms. The van der Waals surface area contributed by atoms with Gasteiger partial charge in [0.15, 0.2) is 0 Å². The molecule has 0 amide bonds. The van der Waals surface area contributed by atoms with Crippen molar-refractivity contribution in [2.24, 2.45) is 0 Å². The van der Waals surface area contributed by atoms with Crippen LogP contribution in [0.3, 0.4) is 0 Å². The fraction of sp³-hybridized carbons (Fsp3) is 0.214. The zero-order chi connectivity index (χ0) is 14.9.